The minimum atomic E-state index is -0.702. The second-order valence-electron chi connectivity index (χ2n) is 11.0. The van der Waals surface area contributed by atoms with Gasteiger partial charge in [0.15, 0.2) is 0 Å². The molecule has 1 saturated heterocycles. The van der Waals surface area contributed by atoms with Gasteiger partial charge in [-0.25, -0.2) is 4.98 Å². The van der Waals surface area contributed by atoms with Crippen molar-refractivity contribution in [2.45, 2.75) is 6.42 Å². The Morgan fingerprint density at radius 3 is 2.51 bits per heavy atom. The summed E-state index contributed by atoms with van der Waals surface area (Å²) in [7, 11) is 5.40. The summed E-state index contributed by atoms with van der Waals surface area (Å²) in [5, 5.41) is 19.8. The van der Waals surface area contributed by atoms with Gasteiger partial charge in [0, 0.05) is 45.6 Å². The molecule has 0 radical (unpaired) electrons. The van der Waals surface area contributed by atoms with E-state index in [4.69, 9.17) is 10.6 Å². The van der Waals surface area contributed by atoms with E-state index in [2.05, 4.69) is 42.4 Å². The van der Waals surface area contributed by atoms with Gasteiger partial charge in [-0.2, -0.15) is 15.2 Å². The Hall–Kier alpha value is -5.77. The zero-order valence-electron chi connectivity index (χ0n) is 26.6. The van der Waals surface area contributed by atoms with E-state index >= 15 is 0 Å². The molecule has 3 aromatic heterocycles. The minimum absolute atomic E-state index is 0.137. The Kier molecular flexibility index (Phi) is 10.1. The van der Waals surface area contributed by atoms with Gasteiger partial charge in [-0.05, 0) is 45.3 Å². The smallest absolute Gasteiger partial charge is 0.295 e. The monoisotopic (exact) mass is 642 g/mol. The summed E-state index contributed by atoms with van der Waals surface area (Å²) in [6.07, 6.45) is 3.73. The van der Waals surface area contributed by atoms with Crippen LogP contribution in [0.25, 0.3) is 22.3 Å². The number of para-hydroxylation sites is 1. The maximum atomic E-state index is 13.7. The third-order valence-corrected chi connectivity index (χ3v) is 7.76. The SMILES string of the molecule is C=NN(/C(=N\N)N1CCN(C(=O)C(=O)c2c[nH]c3c(-c4cc(C(=O)NCCCN(C)C)[nH]n4)ncc(OC)c23)CC1)c1ccccc1. The fraction of sp³-hybridized carbons (Fsp3) is 0.323. The first-order valence-electron chi connectivity index (χ1n) is 15.0. The number of guanidine groups is 1. The molecule has 5 N–H and O–H groups in total. The van der Waals surface area contributed by atoms with E-state index < -0.39 is 11.7 Å². The van der Waals surface area contributed by atoms with Gasteiger partial charge in [-0.3, -0.25) is 19.5 Å². The van der Waals surface area contributed by atoms with Gasteiger partial charge in [-0.15, -0.1) is 5.10 Å². The quantitative estimate of drug-likeness (QED) is 0.0353. The normalized spacial score (nSPS) is 13.6. The van der Waals surface area contributed by atoms with E-state index in [0.717, 1.165) is 18.7 Å². The van der Waals surface area contributed by atoms with Crippen LogP contribution in [0.1, 0.15) is 27.3 Å². The number of nitrogens with two attached hydrogens (primary N) is 1. The summed E-state index contributed by atoms with van der Waals surface area (Å²) in [6, 6.07) is 10.9. The van der Waals surface area contributed by atoms with Gasteiger partial charge in [0.25, 0.3) is 17.6 Å². The van der Waals surface area contributed by atoms with Crippen LogP contribution in [0, 0.1) is 0 Å². The predicted molar refractivity (Wildman–Crippen MR) is 178 cm³/mol. The number of hydrazone groups is 2. The van der Waals surface area contributed by atoms with Crippen LogP contribution in [0.15, 0.2) is 59.0 Å². The van der Waals surface area contributed by atoms with Crippen LogP contribution < -0.4 is 20.9 Å². The molecule has 4 aromatic rings. The Morgan fingerprint density at radius 2 is 1.85 bits per heavy atom. The first kappa shape index (κ1) is 32.6. The molecule has 16 nitrogen and oxygen atoms in total. The van der Waals surface area contributed by atoms with Gasteiger partial charge in [0.2, 0.25) is 5.96 Å². The van der Waals surface area contributed by atoms with Crippen molar-refractivity contribution in [2.75, 3.05) is 65.5 Å². The van der Waals surface area contributed by atoms with E-state index in [1.54, 1.807) is 6.07 Å². The van der Waals surface area contributed by atoms with Crippen molar-refractivity contribution in [3.8, 4) is 17.1 Å². The van der Waals surface area contributed by atoms with E-state index in [-0.39, 0.29) is 30.3 Å². The molecule has 1 aromatic carbocycles. The number of pyridine rings is 1. The number of hydrogen-bond donors (Lipinski definition) is 4. The summed E-state index contributed by atoms with van der Waals surface area (Å²) in [4.78, 5) is 52.8. The molecule has 5 rings (SSSR count). The molecule has 0 saturated carbocycles. The van der Waals surface area contributed by atoms with Crippen LogP contribution >= 0.6 is 0 Å². The molecule has 0 bridgehead atoms. The largest absolute Gasteiger partial charge is 0.494 e. The number of ketones is 1. The summed E-state index contributed by atoms with van der Waals surface area (Å²) in [5.74, 6) is 4.76. The highest BCUT2D eigenvalue weighted by molar-refractivity contribution is 6.45. The van der Waals surface area contributed by atoms with Crippen molar-refractivity contribution < 1.29 is 19.1 Å². The second kappa shape index (κ2) is 14.6. The highest BCUT2D eigenvalue weighted by atomic mass is 16.5. The van der Waals surface area contributed by atoms with Crippen molar-refractivity contribution in [3.63, 3.8) is 0 Å². The number of nitrogens with zero attached hydrogens (tertiary/aromatic N) is 8. The fourth-order valence-corrected chi connectivity index (χ4v) is 5.37. The first-order chi connectivity index (χ1) is 22.8. The lowest BCUT2D eigenvalue weighted by molar-refractivity contribution is -0.127. The number of fused-ring (bicyclic) bond motifs is 1. The van der Waals surface area contributed by atoms with Gasteiger partial charge < -0.3 is 35.6 Å². The number of aromatic nitrogens is 4. The summed E-state index contributed by atoms with van der Waals surface area (Å²) >= 11 is 0. The van der Waals surface area contributed by atoms with E-state index in [1.165, 1.54) is 29.4 Å². The van der Waals surface area contributed by atoms with E-state index in [0.29, 0.717) is 53.6 Å². The van der Waals surface area contributed by atoms with Crippen molar-refractivity contribution in [1.82, 2.24) is 40.2 Å². The van der Waals surface area contributed by atoms with E-state index in [9.17, 15) is 14.4 Å². The number of anilines is 1. The average molecular weight is 643 g/mol. The number of Topliss-reactive ketones (excluding diaryl/α,β-unsaturated/α-hetero) is 1. The van der Waals surface area contributed by atoms with Crippen molar-refractivity contribution in [1.29, 1.82) is 0 Å². The Labute approximate surface area is 271 Å². The van der Waals surface area contributed by atoms with Gasteiger partial charge >= 0.3 is 0 Å². The number of hydrogen-bond acceptors (Lipinski definition) is 10. The van der Waals surface area contributed by atoms with Crippen LogP contribution in [0.4, 0.5) is 5.69 Å². The number of carbonyl (C=O) groups is 3. The molecule has 1 aliphatic heterocycles. The zero-order chi connectivity index (χ0) is 33.5. The minimum Gasteiger partial charge on any atom is -0.494 e. The van der Waals surface area contributed by atoms with Crippen molar-refractivity contribution >= 4 is 46.9 Å². The lowest BCUT2D eigenvalue weighted by Gasteiger charge is -2.37. The molecule has 47 heavy (non-hydrogen) atoms. The summed E-state index contributed by atoms with van der Waals surface area (Å²) < 4.78 is 5.52. The number of benzene rings is 1. The number of amides is 2. The Morgan fingerprint density at radius 1 is 1.13 bits per heavy atom. The molecular weight excluding hydrogens is 604 g/mol. The number of methoxy groups -OCH3 is 1. The number of rotatable bonds is 11. The molecule has 246 valence electrons. The lowest BCUT2D eigenvalue weighted by atomic mass is 10.1. The molecule has 16 heteroatoms. The lowest BCUT2D eigenvalue weighted by Crippen LogP contribution is -2.55. The molecular formula is C31H38N12O4. The van der Waals surface area contributed by atoms with Crippen LogP contribution in [0.5, 0.6) is 5.75 Å². The third kappa shape index (κ3) is 6.91. The molecule has 1 fully saturated rings. The molecule has 0 atom stereocenters. The number of nitrogens with one attached hydrogen (secondary N) is 3. The zero-order valence-corrected chi connectivity index (χ0v) is 26.6. The fourth-order valence-electron chi connectivity index (χ4n) is 5.37. The average Bonchev–Trinajstić information content (AvgIpc) is 3.77. The van der Waals surface area contributed by atoms with E-state index in [1.807, 2.05) is 54.2 Å². The highest BCUT2D eigenvalue weighted by Gasteiger charge is 2.32. The van der Waals surface area contributed by atoms with Crippen LogP contribution in [0.2, 0.25) is 0 Å². The number of aromatic amines is 2. The molecule has 0 spiro atoms. The highest BCUT2D eigenvalue weighted by Crippen LogP contribution is 2.34. The summed E-state index contributed by atoms with van der Waals surface area (Å²) in [5.41, 5.74) is 2.35. The Bertz CT molecular complexity index is 1770. The summed E-state index contributed by atoms with van der Waals surface area (Å²) in [6.45, 7) is 6.25. The Balaban J connectivity index is 1.30. The number of H-pyrrole nitrogens is 2. The molecule has 0 aliphatic carbocycles. The molecule has 0 unspecified atom stereocenters. The van der Waals surface area contributed by atoms with Crippen LogP contribution in [-0.2, 0) is 4.79 Å². The van der Waals surface area contributed by atoms with Crippen LogP contribution in [0.3, 0.4) is 0 Å². The van der Waals surface area contributed by atoms with Crippen molar-refractivity contribution in [2.24, 2.45) is 16.0 Å². The van der Waals surface area contributed by atoms with Gasteiger partial charge in [0.05, 0.1) is 35.5 Å². The number of piperazine rings is 1. The molecule has 2 amide bonds. The standard InChI is InChI=1S/C31H38N12O4/c1-33-43(20-9-6-5-7-10-20)31(37-32)42-15-13-41(14-16-42)30(46)28(44)21-18-35-27-25(21)24(47-4)19-36-26(27)22-17-23(39-38-22)29(45)34-11-8-12-40(2)3/h5-7,9-10,17-19,35H,1,8,11-16,32H2,2-4H3,(H,34,45)(H,38,39)/b37-31-. The topological polar surface area (TPSA) is 194 Å². The van der Waals surface area contributed by atoms with Crippen LogP contribution in [-0.4, -0.2) is 126 Å². The first-order valence-corrected chi connectivity index (χ1v) is 15.0. The maximum Gasteiger partial charge on any atom is 0.295 e. The number of carbonyl (C=O) groups excluding carboxylic acids is 3. The number of ether oxygens (including phenoxy) is 1. The second-order valence-corrected chi connectivity index (χ2v) is 11.0. The molecule has 1 aliphatic rings. The maximum absolute atomic E-state index is 13.7. The van der Waals surface area contributed by atoms with Crippen molar-refractivity contribution in [3.05, 3.63) is 60.0 Å². The third-order valence-electron chi connectivity index (χ3n) is 7.76. The predicted octanol–water partition coefficient (Wildman–Crippen LogP) is 1.32. The van der Waals surface area contributed by atoms with Gasteiger partial charge in [-0.1, -0.05) is 18.2 Å². The molecule has 4 heterocycles. The van der Waals surface area contributed by atoms with Gasteiger partial charge in [0.1, 0.15) is 22.8 Å².